The van der Waals surface area contributed by atoms with Crippen LogP contribution < -0.4 is 0 Å². The van der Waals surface area contributed by atoms with Crippen molar-refractivity contribution >= 4 is 21.4 Å². The molecule has 2 rings (SSSR count). The van der Waals surface area contributed by atoms with Crippen molar-refractivity contribution in [2.45, 2.75) is 0 Å². The Hall–Kier alpha value is -1.95. The first kappa shape index (κ1) is 12.5. The minimum Gasteiger partial charge on any atom is -0.465 e. The Morgan fingerprint density at radius 2 is 1.78 bits per heavy atom. The van der Waals surface area contributed by atoms with Gasteiger partial charge in [0.2, 0.25) is 0 Å². The smallest absolute Gasteiger partial charge is 0.339 e. The van der Waals surface area contributed by atoms with Crippen molar-refractivity contribution in [2.24, 2.45) is 0 Å². The summed E-state index contributed by atoms with van der Waals surface area (Å²) < 4.78 is 40.3. The summed E-state index contributed by atoms with van der Waals surface area (Å²) in [6.07, 6.45) is 0. The molecule has 6 heteroatoms. The molecule has 0 saturated carbocycles. The third-order valence-corrected chi connectivity index (χ3v) is 3.54. The fourth-order valence-electron chi connectivity index (χ4n) is 1.61. The minimum atomic E-state index is -3.58. The molecule has 1 aliphatic heterocycles. The zero-order chi connectivity index (χ0) is 13.3. The summed E-state index contributed by atoms with van der Waals surface area (Å²) >= 11 is 0. The van der Waals surface area contributed by atoms with Crippen LogP contribution in [0.5, 0.6) is 0 Å². The van der Waals surface area contributed by atoms with E-state index in [1.807, 2.05) is 0 Å². The maximum Gasteiger partial charge on any atom is 0.339 e. The van der Waals surface area contributed by atoms with Gasteiger partial charge in [0.15, 0.2) is 9.84 Å². The number of hydrogen-bond acceptors (Lipinski definition) is 4. The van der Waals surface area contributed by atoms with Crippen LogP contribution >= 0.6 is 0 Å². The van der Waals surface area contributed by atoms with Crippen LogP contribution in [0.1, 0.15) is 5.56 Å². The Balaban J connectivity index is 2.53. The van der Waals surface area contributed by atoms with Gasteiger partial charge in [-0.1, -0.05) is 12.1 Å². The molecule has 0 spiro atoms. The Labute approximate surface area is 103 Å². The molecule has 1 aliphatic rings. The van der Waals surface area contributed by atoms with Crippen LogP contribution in [0.3, 0.4) is 0 Å². The first-order valence-corrected chi connectivity index (χ1v) is 6.57. The largest absolute Gasteiger partial charge is 0.465 e. The maximum absolute atomic E-state index is 12.8. The topological polar surface area (TPSA) is 60.4 Å². The highest BCUT2D eigenvalue weighted by Gasteiger charge is 2.27. The highest BCUT2D eigenvalue weighted by Crippen LogP contribution is 2.31. The van der Waals surface area contributed by atoms with Gasteiger partial charge in [-0.05, 0) is 17.7 Å². The Bertz CT molecular complexity index is 654. The number of ether oxygens (including phenoxy) is 1. The summed E-state index contributed by atoms with van der Waals surface area (Å²) in [5.74, 6) is -1.18. The molecule has 0 aliphatic carbocycles. The summed E-state index contributed by atoms with van der Waals surface area (Å²) in [6, 6.07) is 5.18. The lowest BCUT2D eigenvalue weighted by atomic mass is 10.0. The standard InChI is InChI=1S/C12H9FO4S/c1-17-12(14)11-7-18(15,16)6-10(11)8-2-4-9(13)5-3-8/h2-7H,1H3. The number of halogens is 1. The van der Waals surface area contributed by atoms with Crippen LogP contribution in [-0.2, 0) is 19.4 Å². The molecular weight excluding hydrogens is 259 g/mol. The minimum absolute atomic E-state index is 0.0518. The number of rotatable bonds is 2. The monoisotopic (exact) mass is 268 g/mol. The van der Waals surface area contributed by atoms with Crippen molar-refractivity contribution in [1.29, 1.82) is 0 Å². The van der Waals surface area contributed by atoms with Gasteiger partial charge < -0.3 is 4.74 Å². The molecule has 1 aromatic carbocycles. The zero-order valence-corrected chi connectivity index (χ0v) is 10.2. The molecule has 0 aromatic heterocycles. The van der Waals surface area contributed by atoms with E-state index in [9.17, 15) is 17.6 Å². The van der Waals surface area contributed by atoms with Gasteiger partial charge in [0.25, 0.3) is 0 Å². The molecule has 0 bridgehead atoms. The molecule has 0 radical (unpaired) electrons. The molecular formula is C12H9FO4S. The number of carbonyl (C=O) groups excluding carboxylic acids is 1. The van der Waals surface area contributed by atoms with E-state index in [4.69, 9.17) is 0 Å². The second kappa shape index (κ2) is 4.38. The van der Waals surface area contributed by atoms with Gasteiger partial charge in [-0.15, -0.1) is 0 Å². The van der Waals surface area contributed by atoms with Crippen molar-refractivity contribution in [1.82, 2.24) is 0 Å². The Morgan fingerprint density at radius 1 is 1.17 bits per heavy atom. The molecule has 0 saturated heterocycles. The fourth-order valence-corrected chi connectivity index (χ4v) is 2.82. The third kappa shape index (κ3) is 2.33. The van der Waals surface area contributed by atoms with Crippen molar-refractivity contribution in [2.75, 3.05) is 7.11 Å². The Kier molecular flexibility index (Phi) is 3.04. The van der Waals surface area contributed by atoms with Gasteiger partial charge in [0.05, 0.1) is 18.1 Å². The highest BCUT2D eigenvalue weighted by atomic mass is 32.2. The van der Waals surface area contributed by atoms with E-state index >= 15 is 0 Å². The molecule has 0 unspecified atom stereocenters. The number of hydrogen-bond donors (Lipinski definition) is 0. The van der Waals surface area contributed by atoms with Crippen molar-refractivity contribution in [3.63, 3.8) is 0 Å². The normalized spacial score (nSPS) is 17.0. The van der Waals surface area contributed by atoms with Gasteiger partial charge in [-0.25, -0.2) is 17.6 Å². The fraction of sp³-hybridized carbons (Fsp3) is 0.0833. The van der Waals surface area contributed by atoms with Gasteiger partial charge >= 0.3 is 5.97 Å². The third-order valence-electron chi connectivity index (χ3n) is 2.41. The second-order valence-corrected chi connectivity index (χ2v) is 5.30. The predicted molar refractivity (Wildman–Crippen MR) is 63.4 cm³/mol. The van der Waals surface area contributed by atoms with Crippen LogP contribution in [0.2, 0.25) is 0 Å². The van der Waals surface area contributed by atoms with Crippen LogP contribution in [0, 0.1) is 5.82 Å². The number of benzene rings is 1. The number of methoxy groups -OCH3 is 1. The predicted octanol–water partition coefficient (Wildman–Crippen LogP) is 1.65. The molecule has 18 heavy (non-hydrogen) atoms. The van der Waals surface area contributed by atoms with Crippen molar-refractivity contribution in [3.8, 4) is 0 Å². The van der Waals surface area contributed by atoms with Crippen LogP contribution in [-0.4, -0.2) is 21.5 Å². The van der Waals surface area contributed by atoms with Crippen molar-refractivity contribution in [3.05, 3.63) is 52.0 Å². The molecule has 0 amide bonds. The van der Waals surface area contributed by atoms with E-state index in [1.165, 1.54) is 24.3 Å². The number of esters is 1. The first-order valence-electron chi connectivity index (χ1n) is 4.96. The summed E-state index contributed by atoms with van der Waals surface area (Å²) in [4.78, 5) is 11.5. The van der Waals surface area contributed by atoms with Gasteiger partial charge in [-0.3, -0.25) is 0 Å². The summed E-state index contributed by atoms with van der Waals surface area (Å²) in [6.45, 7) is 0. The average molecular weight is 268 g/mol. The van der Waals surface area contributed by atoms with Gasteiger partial charge in [-0.2, -0.15) is 0 Å². The lowest BCUT2D eigenvalue weighted by Gasteiger charge is -2.05. The molecule has 0 atom stereocenters. The second-order valence-electron chi connectivity index (χ2n) is 3.65. The lowest BCUT2D eigenvalue weighted by Crippen LogP contribution is -2.05. The summed E-state index contributed by atoms with van der Waals surface area (Å²) in [5.41, 5.74) is 0.597. The Morgan fingerprint density at radius 3 is 2.33 bits per heavy atom. The maximum atomic E-state index is 12.8. The number of sulfone groups is 1. The molecule has 1 heterocycles. The van der Waals surface area contributed by atoms with E-state index in [-0.39, 0.29) is 11.1 Å². The zero-order valence-electron chi connectivity index (χ0n) is 9.38. The molecule has 94 valence electrons. The highest BCUT2D eigenvalue weighted by molar-refractivity contribution is 7.97. The lowest BCUT2D eigenvalue weighted by molar-refractivity contribution is -0.135. The van der Waals surface area contributed by atoms with Gasteiger partial charge in [0.1, 0.15) is 5.82 Å². The van der Waals surface area contributed by atoms with Gasteiger partial charge in [0, 0.05) is 11.0 Å². The summed E-state index contributed by atoms with van der Waals surface area (Å²) in [7, 11) is -2.41. The van der Waals surface area contributed by atoms with Crippen molar-refractivity contribution < 1.29 is 22.3 Å². The average Bonchev–Trinajstić information content (AvgIpc) is 2.65. The summed E-state index contributed by atoms with van der Waals surface area (Å²) in [5, 5.41) is 1.81. The number of carbonyl (C=O) groups is 1. The van der Waals surface area contributed by atoms with E-state index in [0.717, 1.165) is 17.9 Å². The van der Waals surface area contributed by atoms with E-state index < -0.39 is 21.6 Å². The molecule has 1 aromatic rings. The van der Waals surface area contributed by atoms with E-state index in [1.54, 1.807) is 0 Å². The SMILES string of the molecule is COC(=O)C1=CS(=O)(=O)C=C1c1ccc(F)cc1. The van der Waals surface area contributed by atoms with Crippen LogP contribution in [0.25, 0.3) is 5.57 Å². The molecule has 0 N–H and O–H groups in total. The van der Waals surface area contributed by atoms with Crippen LogP contribution in [0.4, 0.5) is 4.39 Å². The molecule has 4 nitrogen and oxygen atoms in total. The van der Waals surface area contributed by atoms with E-state index in [0.29, 0.717) is 5.56 Å². The van der Waals surface area contributed by atoms with E-state index in [2.05, 4.69) is 4.74 Å². The first-order chi connectivity index (χ1) is 8.43. The van der Waals surface area contributed by atoms with Crippen LogP contribution in [0.15, 0.2) is 40.7 Å². The quantitative estimate of drug-likeness (QED) is 0.765. The molecule has 0 fully saturated rings.